The van der Waals surface area contributed by atoms with Crippen molar-refractivity contribution < 1.29 is 4.79 Å². The number of hydrogen-bond donors (Lipinski definition) is 2. The summed E-state index contributed by atoms with van der Waals surface area (Å²) in [5.74, 6) is 0.0780. The third kappa shape index (κ3) is 2.67. The molecule has 1 amide bonds. The van der Waals surface area contributed by atoms with E-state index >= 15 is 0 Å². The van der Waals surface area contributed by atoms with E-state index in [1.165, 1.54) is 11.1 Å². The second kappa shape index (κ2) is 5.32. The molecule has 2 rings (SSSR count). The first-order chi connectivity index (χ1) is 8.22. The summed E-state index contributed by atoms with van der Waals surface area (Å²) in [6.07, 6.45) is 3.32. The normalized spacial score (nSPS) is 20.5. The molecule has 2 N–H and O–H groups in total. The molecule has 1 aromatic rings. The molecular weight excluding hydrogens is 212 g/mol. The van der Waals surface area contributed by atoms with Gasteiger partial charge in [-0.1, -0.05) is 24.3 Å². The minimum atomic E-state index is -0.135. The fourth-order valence-corrected chi connectivity index (χ4v) is 2.33. The number of amides is 1. The summed E-state index contributed by atoms with van der Waals surface area (Å²) in [4.78, 5) is 11.9. The Kier molecular flexibility index (Phi) is 3.79. The summed E-state index contributed by atoms with van der Waals surface area (Å²) < 4.78 is 0. The van der Waals surface area contributed by atoms with Gasteiger partial charge in [-0.25, -0.2) is 0 Å². The van der Waals surface area contributed by atoms with Crippen molar-refractivity contribution in [1.82, 2.24) is 10.6 Å². The summed E-state index contributed by atoms with van der Waals surface area (Å²) in [6.45, 7) is 1.88. The summed E-state index contributed by atoms with van der Waals surface area (Å²) in [6, 6.07) is 8.45. The van der Waals surface area contributed by atoms with Crippen LogP contribution in [0.4, 0.5) is 0 Å². The predicted octanol–water partition coefficient (Wildman–Crippen LogP) is 1.79. The lowest BCUT2D eigenvalue weighted by molar-refractivity contribution is -0.123. The van der Waals surface area contributed by atoms with Crippen molar-refractivity contribution in [2.45, 2.75) is 38.3 Å². The van der Waals surface area contributed by atoms with Crippen molar-refractivity contribution in [1.29, 1.82) is 0 Å². The van der Waals surface area contributed by atoms with Gasteiger partial charge in [-0.05, 0) is 44.4 Å². The average molecular weight is 232 g/mol. The third-order valence-corrected chi connectivity index (χ3v) is 3.51. The minimum absolute atomic E-state index is 0.0780. The number of hydrogen-bond acceptors (Lipinski definition) is 2. The maximum Gasteiger partial charge on any atom is 0.237 e. The maximum atomic E-state index is 11.9. The summed E-state index contributed by atoms with van der Waals surface area (Å²) >= 11 is 0. The Morgan fingerprint density at radius 2 is 2.18 bits per heavy atom. The standard InChI is InChI=1S/C14H20N2O/c1-10(15-2)14(17)16-13-9-5-7-11-6-3-4-8-12(11)13/h3-4,6,8,10,13,15H,5,7,9H2,1-2H3,(H,16,17). The molecule has 1 aromatic carbocycles. The van der Waals surface area contributed by atoms with Crippen LogP contribution < -0.4 is 10.6 Å². The van der Waals surface area contributed by atoms with Crippen LogP contribution in [0.2, 0.25) is 0 Å². The van der Waals surface area contributed by atoms with Crippen molar-refractivity contribution >= 4 is 5.91 Å². The fraction of sp³-hybridized carbons (Fsp3) is 0.500. The second-order valence-electron chi connectivity index (χ2n) is 4.66. The lowest BCUT2D eigenvalue weighted by Gasteiger charge is -2.27. The van der Waals surface area contributed by atoms with E-state index in [1.54, 1.807) is 7.05 Å². The SMILES string of the molecule is CNC(C)C(=O)NC1CCCc2ccccc21. The predicted molar refractivity (Wildman–Crippen MR) is 68.8 cm³/mol. The van der Waals surface area contributed by atoms with Gasteiger partial charge in [-0.2, -0.15) is 0 Å². The van der Waals surface area contributed by atoms with Crippen LogP contribution in [0.3, 0.4) is 0 Å². The van der Waals surface area contributed by atoms with Crippen LogP contribution in [0.1, 0.15) is 36.9 Å². The number of carbonyl (C=O) groups is 1. The molecule has 0 heterocycles. The lowest BCUT2D eigenvalue weighted by Crippen LogP contribution is -2.42. The highest BCUT2D eigenvalue weighted by atomic mass is 16.2. The van der Waals surface area contributed by atoms with Crippen LogP contribution in [0.25, 0.3) is 0 Å². The monoisotopic (exact) mass is 232 g/mol. The van der Waals surface area contributed by atoms with Crippen molar-refractivity contribution in [2.75, 3.05) is 7.05 Å². The molecule has 2 unspecified atom stereocenters. The Morgan fingerprint density at radius 3 is 2.94 bits per heavy atom. The quantitative estimate of drug-likeness (QED) is 0.834. The van der Waals surface area contributed by atoms with Gasteiger partial charge in [0.25, 0.3) is 0 Å². The number of likely N-dealkylation sites (N-methyl/N-ethyl adjacent to an activating group) is 1. The van der Waals surface area contributed by atoms with Gasteiger partial charge in [-0.3, -0.25) is 4.79 Å². The zero-order valence-electron chi connectivity index (χ0n) is 10.5. The van der Waals surface area contributed by atoms with E-state index < -0.39 is 0 Å². The van der Waals surface area contributed by atoms with Crippen LogP contribution in [0.15, 0.2) is 24.3 Å². The van der Waals surface area contributed by atoms with E-state index in [4.69, 9.17) is 0 Å². The molecule has 0 saturated heterocycles. The first-order valence-electron chi connectivity index (χ1n) is 6.28. The molecule has 0 bridgehead atoms. The van der Waals surface area contributed by atoms with Gasteiger partial charge in [-0.15, -0.1) is 0 Å². The van der Waals surface area contributed by atoms with E-state index in [2.05, 4.69) is 28.8 Å². The van der Waals surface area contributed by atoms with E-state index in [-0.39, 0.29) is 18.0 Å². The first-order valence-corrected chi connectivity index (χ1v) is 6.28. The van der Waals surface area contributed by atoms with Gasteiger partial charge in [0.2, 0.25) is 5.91 Å². The molecule has 1 aliphatic rings. The van der Waals surface area contributed by atoms with Gasteiger partial charge >= 0.3 is 0 Å². The Labute approximate surface area is 103 Å². The zero-order chi connectivity index (χ0) is 12.3. The molecule has 0 aliphatic heterocycles. The summed E-state index contributed by atoms with van der Waals surface area (Å²) in [5.41, 5.74) is 2.66. The van der Waals surface area contributed by atoms with Crippen molar-refractivity contribution in [3.63, 3.8) is 0 Å². The minimum Gasteiger partial charge on any atom is -0.348 e. The van der Waals surface area contributed by atoms with Gasteiger partial charge in [0, 0.05) is 0 Å². The van der Waals surface area contributed by atoms with E-state index in [0.29, 0.717) is 0 Å². The highest BCUT2D eigenvalue weighted by Crippen LogP contribution is 2.29. The topological polar surface area (TPSA) is 41.1 Å². The van der Waals surface area contributed by atoms with Gasteiger partial charge < -0.3 is 10.6 Å². The smallest absolute Gasteiger partial charge is 0.237 e. The highest BCUT2D eigenvalue weighted by Gasteiger charge is 2.22. The Hall–Kier alpha value is -1.35. The molecule has 0 spiro atoms. The van der Waals surface area contributed by atoms with E-state index in [1.807, 2.05) is 13.0 Å². The van der Waals surface area contributed by atoms with Crippen molar-refractivity contribution in [3.05, 3.63) is 35.4 Å². The summed E-state index contributed by atoms with van der Waals surface area (Å²) in [5, 5.41) is 6.09. The first kappa shape index (κ1) is 12.1. The molecule has 3 heteroatoms. The van der Waals surface area contributed by atoms with Gasteiger partial charge in [0.1, 0.15) is 0 Å². The van der Waals surface area contributed by atoms with Crippen molar-refractivity contribution in [3.8, 4) is 0 Å². The lowest BCUT2D eigenvalue weighted by atomic mass is 9.87. The van der Waals surface area contributed by atoms with Gasteiger partial charge in [0.15, 0.2) is 0 Å². The maximum absolute atomic E-state index is 11.9. The van der Waals surface area contributed by atoms with Gasteiger partial charge in [0.05, 0.1) is 12.1 Å². The Balaban J connectivity index is 2.11. The Bertz CT molecular complexity index is 403. The van der Waals surface area contributed by atoms with Crippen LogP contribution >= 0.6 is 0 Å². The number of nitrogens with one attached hydrogen (secondary N) is 2. The number of fused-ring (bicyclic) bond motifs is 1. The molecule has 0 radical (unpaired) electrons. The second-order valence-corrected chi connectivity index (χ2v) is 4.66. The molecular formula is C14H20N2O. The van der Waals surface area contributed by atoms with Crippen LogP contribution in [-0.4, -0.2) is 19.0 Å². The molecule has 17 heavy (non-hydrogen) atoms. The largest absolute Gasteiger partial charge is 0.348 e. The van der Waals surface area contributed by atoms with Crippen molar-refractivity contribution in [2.24, 2.45) is 0 Å². The number of rotatable bonds is 3. The van der Waals surface area contributed by atoms with E-state index in [9.17, 15) is 4.79 Å². The third-order valence-electron chi connectivity index (χ3n) is 3.51. The van der Waals surface area contributed by atoms with Crippen LogP contribution in [-0.2, 0) is 11.2 Å². The molecule has 92 valence electrons. The van der Waals surface area contributed by atoms with Crippen LogP contribution in [0.5, 0.6) is 0 Å². The Morgan fingerprint density at radius 1 is 1.41 bits per heavy atom. The molecule has 0 fully saturated rings. The highest BCUT2D eigenvalue weighted by molar-refractivity contribution is 5.81. The molecule has 3 nitrogen and oxygen atoms in total. The number of aryl methyl sites for hydroxylation is 1. The fourth-order valence-electron chi connectivity index (χ4n) is 2.33. The molecule has 0 aromatic heterocycles. The number of benzene rings is 1. The molecule has 0 saturated carbocycles. The summed E-state index contributed by atoms with van der Waals surface area (Å²) in [7, 11) is 1.80. The number of carbonyl (C=O) groups excluding carboxylic acids is 1. The van der Waals surface area contributed by atoms with Crippen LogP contribution in [0, 0.1) is 0 Å². The van der Waals surface area contributed by atoms with E-state index in [0.717, 1.165) is 19.3 Å². The average Bonchev–Trinajstić information content (AvgIpc) is 2.38. The zero-order valence-corrected chi connectivity index (χ0v) is 10.5. The molecule has 2 atom stereocenters. The molecule has 1 aliphatic carbocycles.